The minimum atomic E-state index is -1.32. The molecule has 0 aliphatic carbocycles. The SMILES string of the molecule is CC(=O)C(=O)SCC(NC(=O)C(N)CCC(=O)O)C(=O)NCC(=O)O. The van der Waals surface area contributed by atoms with Crippen molar-refractivity contribution in [3.63, 3.8) is 0 Å². The number of carboxylic acids is 2. The third-order valence-corrected chi connectivity index (χ3v) is 3.77. The van der Waals surface area contributed by atoms with E-state index in [1.165, 1.54) is 0 Å². The first-order chi connectivity index (χ1) is 11.5. The molecule has 25 heavy (non-hydrogen) atoms. The Morgan fingerprint density at radius 2 is 1.64 bits per heavy atom. The number of aliphatic carboxylic acids is 2. The number of hydrogen-bond acceptors (Lipinski definition) is 8. The molecular formula is C13H19N3O8S. The molecule has 6 N–H and O–H groups in total. The topological polar surface area (TPSA) is 193 Å². The molecule has 0 saturated carbocycles. The molecule has 2 amide bonds. The number of thioether (sulfide) groups is 1. The summed E-state index contributed by atoms with van der Waals surface area (Å²) in [6, 6.07) is -2.53. The Kier molecular flexibility index (Phi) is 10.0. The normalized spacial score (nSPS) is 12.6. The molecule has 0 radical (unpaired) electrons. The summed E-state index contributed by atoms with van der Waals surface area (Å²) >= 11 is 0.481. The van der Waals surface area contributed by atoms with Gasteiger partial charge < -0.3 is 26.6 Å². The van der Waals surface area contributed by atoms with Crippen molar-refractivity contribution in [1.82, 2.24) is 10.6 Å². The van der Waals surface area contributed by atoms with Gasteiger partial charge >= 0.3 is 11.9 Å². The van der Waals surface area contributed by atoms with Crippen molar-refractivity contribution in [2.75, 3.05) is 12.3 Å². The highest BCUT2D eigenvalue weighted by atomic mass is 32.2. The van der Waals surface area contributed by atoms with Gasteiger partial charge in [-0.1, -0.05) is 11.8 Å². The lowest BCUT2D eigenvalue weighted by atomic mass is 10.1. The fraction of sp³-hybridized carbons (Fsp3) is 0.538. The lowest BCUT2D eigenvalue weighted by Crippen LogP contribution is -2.53. The van der Waals surface area contributed by atoms with Gasteiger partial charge in [0.15, 0.2) is 0 Å². The number of amides is 2. The van der Waals surface area contributed by atoms with E-state index < -0.39 is 53.3 Å². The van der Waals surface area contributed by atoms with Gasteiger partial charge in [-0.25, -0.2) is 0 Å². The van der Waals surface area contributed by atoms with Crippen molar-refractivity contribution in [1.29, 1.82) is 0 Å². The third-order valence-electron chi connectivity index (χ3n) is 2.72. The van der Waals surface area contributed by atoms with Gasteiger partial charge in [-0.05, 0) is 6.42 Å². The summed E-state index contributed by atoms with van der Waals surface area (Å²) < 4.78 is 0. The summed E-state index contributed by atoms with van der Waals surface area (Å²) in [5.41, 5.74) is 5.51. The first kappa shape index (κ1) is 22.5. The molecule has 2 atom stereocenters. The lowest BCUT2D eigenvalue weighted by Gasteiger charge is -2.19. The number of nitrogens with one attached hydrogen (secondary N) is 2. The van der Waals surface area contributed by atoms with Gasteiger partial charge in [-0.3, -0.25) is 28.8 Å². The van der Waals surface area contributed by atoms with Crippen molar-refractivity contribution < 1.29 is 39.0 Å². The zero-order valence-electron chi connectivity index (χ0n) is 13.3. The van der Waals surface area contributed by atoms with Gasteiger partial charge in [0, 0.05) is 19.1 Å². The maximum Gasteiger partial charge on any atom is 0.322 e. The van der Waals surface area contributed by atoms with Crippen molar-refractivity contribution in [3.8, 4) is 0 Å². The van der Waals surface area contributed by atoms with Crippen LogP contribution in [0.5, 0.6) is 0 Å². The van der Waals surface area contributed by atoms with E-state index in [1.807, 2.05) is 5.32 Å². The molecule has 0 aromatic rings. The lowest BCUT2D eigenvalue weighted by molar-refractivity contribution is -0.138. The van der Waals surface area contributed by atoms with Crippen molar-refractivity contribution in [3.05, 3.63) is 0 Å². The highest BCUT2D eigenvalue weighted by molar-refractivity contribution is 8.15. The molecule has 0 rings (SSSR count). The predicted octanol–water partition coefficient (Wildman–Crippen LogP) is -2.29. The predicted molar refractivity (Wildman–Crippen MR) is 85.6 cm³/mol. The van der Waals surface area contributed by atoms with Gasteiger partial charge in [0.2, 0.25) is 17.6 Å². The molecule has 0 aromatic heterocycles. The van der Waals surface area contributed by atoms with E-state index in [0.29, 0.717) is 11.8 Å². The third kappa shape index (κ3) is 10.1. The highest BCUT2D eigenvalue weighted by Gasteiger charge is 2.26. The molecule has 0 aliphatic heterocycles. The maximum absolute atomic E-state index is 11.9. The number of carboxylic acid groups (broad SMARTS) is 2. The quantitative estimate of drug-likeness (QED) is 0.245. The summed E-state index contributed by atoms with van der Waals surface area (Å²) in [7, 11) is 0. The van der Waals surface area contributed by atoms with Crippen LogP contribution < -0.4 is 16.4 Å². The van der Waals surface area contributed by atoms with Crippen LogP contribution in [0.3, 0.4) is 0 Å². The average molecular weight is 377 g/mol. The Hall–Kier alpha value is -2.47. The molecule has 0 bridgehead atoms. The van der Waals surface area contributed by atoms with Crippen LogP contribution in [-0.2, 0) is 28.8 Å². The first-order valence-electron chi connectivity index (χ1n) is 6.99. The maximum atomic E-state index is 11.9. The first-order valence-corrected chi connectivity index (χ1v) is 7.98. The minimum Gasteiger partial charge on any atom is -0.481 e. The van der Waals surface area contributed by atoms with Crippen LogP contribution in [-0.4, -0.2) is 69.2 Å². The largest absolute Gasteiger partial charge is 0.481 e. The number of Topliss-reactive ketones (excluding diaryl/α,β-unsaturated/α-hetero) is 1. The zero-order chi connectivity index (χ0) is 19.6. The van der Waals surface area contributed by atoms with E-state index in [-0.39, 0.29) is 18.6 Å². The number of ketones is 1. The molecule has 0 aliphatic rings. The van der Waals surface area contributed by atoms with Crippen LogP contribution in [0, 0.1) is 0 Å². The molecule has 0 fully saturated rings. The number of hydrogen-bond donors (Lipinski definition) is 5. The van der Waals surface area contributed by atoms with Crippen LogP contribution in [0.2, 0.25) is 0 Å². The molecule has 0 spiro atoms. The summed E-state index contributed by atoms with van der Waals surface area (Å²) in [6.07, 6.45) is -0.536. The molecule has 11 nitrogen and oxygen atoms in total. The monoisotopic (exact) mass is 377 g/mol. The van der Waals surface area contributed by atoms with Crippen molar-refractivity contribution >= 4 is 46.4 Å². The van der Waals surface area contributed by atoms with Gasteiger partial charge in [0.05, 0.1) is 6.04 Å². The van der Waals surface area contributed by atoms with E-state index >= 15 is 0 Å². The minimum absolute atomic E-state index is 0.176. The van der Waals surface area contributed by atoms with Crippen molar-refractivity contribution in [2.24, 2.45) is 5.73 Å². The van der Waals surface area contributed by atoms with Gasteiger partial charge in [0.25, 0.3) is 5.12 Å². The molecule has 0 aromatic carbocycles. The van der Waals surface area contributed by atoms with Gasteiger partial charge in [-0.2, -0.15) is 0 Å². The number of carbonyl (C=O) groups excluding carboxylic acids is 4. The number of rotatable bonds is 11. The fourth-order valence-electron chi connectivity index (χ4n) is 1.42. The van der Waals surface area contributed by atoms with E-state index in [0.717, 1.165) is 6.92 Å². The van der Waals surface area contributed by atoms with Crippen LogP contribution >= 0.6 is 11.8 Å². The second-order valence-corrected chi connectivity index (χ2v) is 5.86. The fourth-order valence-corrected chi connectivity index (χ4v) is 2.17. The number of nitrogens with two attached hydrogens (primary N) is 1. The van der Waals surface area contributed by atoms with Crippen LogP contribution in [0.1, 0.15) is 19.8 Å². The Morgan fingerprint density at radius 1 is 1.04 bits per heavy atom. The van der Waals surface area contributed by atoms with E-state index in [2.05, 4.69) is 5.32 Å². The van der Waals surface area contributed by atoms with E-state index in [4.69, 9.17) is 15.9 Å². The highest BCUT2D eigenvalue weighted by Crippen LogP contribution is 2.07. The molecule has 0 heterocycles. The van der Waals surface area contributed by atoms with Crippen LogP contribution in [0.15, 0.2) is 0 Å². The molecule has 140 valence electrons. The average Bonchev–Trinajstić information content (AvgIpc) is 2.53. The van der Waals surface area contributed by atoms with Crippen LogP contribution in [0.4, 0.5) is 0 Å². The molecule has 0 saturated heterocycles. The Bertz CT molecular complexity index is 565. The van der Waals surface area contributed by atoms with E-state index in [9.17, 15) is 28.8 Å². The smallest absolute Gasteiger partial charge is 0.322 e. The zero-order valence-corrected chi connectivity index (χ0v) is 14.1. The van der Waals surface area contributed by atoms with E-state index in [1.54, 1.807) is 0 Å². The summed E-state index contributed by atoms with van der Waals surface area (Å²) in [5.74, 6) is -5.26. The second kappa shape index (κ2) is 11.1. The Morgan fingerprint density at radius 3 is 2.12 bits per heavy atom. The van der Waals surface area contributed by atoms with Crippen LogP contribution in [0.25, 0.3) is 0 Å². The summed E-state index contributed by atoms with van der Waals surface area (Å²) in [5, 5.41) is 20.5. The molecule has 2 unspecified atom stereocenters. The Labute approximate surface area is 146 Å². The molecular weight excluding hydrogens is 358 g/mol. The number of carbonyl (C=O) groups is 6. The standard InChI is InChI=1S/C13H19N3O8S/c1-6(17)13(24)25-5-8(12(23)15-4-10(20)21)16-11(22)7(14)2-3-9(18)19/h7-8H,2-5,14H2,1H3,(H,15,23)(H,16,22)(H,18,19)(H,20,21). The summed E-state index contributed by atoms with van der Waals surface area (Å²) in [4.78, 5) is 67.0. The molecule has 12 heteroatoms. The van der Waals surface area contributed by atoms with Crippen molar-refractivity contribution in [2.45, 2.75) is 31.8 Å². The summed E-state index contributed by atoms with van der Waals surface area (Å²) in [6.45, 7) is 0.330. The van der Waals surface area contributed by atoms with Gasteiger partial charge in [-0.15, -0.1) is 0 Å². The van der Waals surface area contributed by atoms with Gasteiger partial charge in [0.1, 0.15) is 12.6 Å². The second-order valence-electron chi connectivity index (χ2n) is 4.87. The Balaban J connectivity index is 4.85.